The molecule has 0 spiro atoms. The van der Waals surface area contributed by atoms with Crippen LogP contribution in [0.2, 0.25) is 10.0 Å². The molecule has 1 saturated heterocycles. The van der Waals surface area contributed by atoms with E-state index in [-0.39, 0.29) is 28.8 Å². The zero-order chi connectivity index (χ0) is 34.1. The number of benzene rings is 3. The molecule has 0 saturated carbocycles. The number of aryl methyl sites for hydroxylation is 1. The van der Waals surface area contributed by atoms with Crippen molar-refractivity contribution in [1.82, 2.24) is 28.9 Å². The number of piperazine rings is 1. The summed E-state index contributed by atoms with van der Waals surface area (Å²) < 4.78 is 11.9. The van der Waals surface area contributed by atoms with E-state index in [4.69, 9.17) is 27.9 Å². The van der Waals surface area contributed by atoms with Crippen molar-refractivity contribution in [3.63, 3.8) is 0 Å². The summed E-state index contributed by atoms with van der Waals surface area (Å²) in [6, 6.07) is 24.3. The number of halogens is 3. The Morgan fingerprint density at radius 3 is 2.38 bits per heavy atom. The van der Waals surface area contributed by atoms with Crippen molar-refractivity contribution in [3.05, 3.63) is 117 Å². The summed E-state index contributed by atoms with van der Waals surface area (Å²) >= 11 is 13.4. The molecular weight excluding hydrogens is 761 g/mol. The maximum Gasteiger partial charge on any atom is 0.270 e. The van der Waals surface area contributed by atoms with Gasteiger partial charge in [0.25, 0.3) is 11.8 Å². The minimum atomic E-state index is -0.248. The molecule has 0 atom stereocenters. The highest BCUT2D eigenvalue weighted by atomic mass is 79.9. The number of carbonyl (C=O) groups excluding carboxylic acids is 2. The van der Waals surface area contributed by atoms with E-state index >= 15 is 0 Å². The Balaban J connectivity index is 0.00000432. The van der Waals surface area contributed by atoms with E-state index in [1.54, 1.807) is 37.5 Å². The van der Waals surface area contributed by atoms with Crippen LogP contribution < -0.4 is 9.64 Å². The first-order valence-electron chi connectivity index (χ1n) is 15.6. The van der Waals surface area contributed by atoms with Crippen molar-refractivity contribution in [1.29, 1.82) is 0 Å². The number of fused-ring (bicyclic) bond motifs is 1. The van der Waals surface area contributed by atoms with E-state index < -0.39 is 0 Å². The van der Waals surface area contributed by atoms with Gasteiger partial charge in [0.05, 0.1) is 27.4 Å². The number of aromatic nitrogens is 4. The fraction of sp³-hybridized carbons (Fsp3) is 0.194. The van der Waals surface area contributed by atoms with E-state index in [0.717, 1.165) is 41.8 Å². The molecule has 0 radical (unpaired) electrons. The summed E-state index contributed by atoms with van der Waals surface area (Å²) in [5, 5.41) is 7.73. The Hall–Kier alpha value is -4.33. The standard InChI is InChI=1S/C36H31Cl2N7O3S.BrH/c1-42(35(46)26-8-11-29(37)30(38)17-26)27-9-12-34(39-20-27)48-28-10-7-25-18-33(43(2)32(25)19-28)36(47)45-15-13-44(14-16-45)21-23-3-5-24(6-4-23)31-22-49-41-40-31;/h3-12,17-20,22H,13-16,21H2,1-2H3;1H. The average molecular weight is 794 g/mol. The van der Waals surface area contributed by atoms with Gasteiger partial charge in [0.1, 0.15) is 17.1 Å². The Morgan fingerprint density at radius 1 is 0.920 bits per heavy atom. The molecule has 14 heteroatoms. The Morgan fingerprint density at radius 2 is 1.70 bits per heavy atom. The number of pyridine rings is 1. The number of ether oxygens (including phenoxy) is 1. The van der Waals surface area contributed by atoms with E-state index in [2.05, 4.69) is 43.7 Å². The molecule has 3 aromatic heterocycles. The van der Waals surface area contributed by atoms with Gasteiger partial charge in [-0.25, -0.2) is 4.98 Å². The lowest BCUT2D eigenvalue weighted by Crippen LogP contribution is -2.48. The van der Waals surface area contributed by atoms with Crippen LogP contribution in [0.5, 0.6) is 11.6 Å². The summed E-state index contributed by atoms with van der Waals surface area (Å²) in [6.07, 6.45) is 1.57. The first-order valence-corrected chi connectivity index (χ1v) is 17.2. The van der Waals surface area contributed by atoms with Crippen molar-refractivity contribution in [2.24, 2.45) is 7.05 Å². The number of amides is 2. The summed E-state index contributed by atoms with van der Waals surface area (Å²) in [4.78, 5) is 36.8. The van der Waals surface area contributed by atoms with Crippen LogP contribution in [0.4, 0.5) is 5.69 Å². The third kappa shape index (κ3) is 7.54. The van der Waals surface area contributed by atoms with Gasteiger partial charge >= 0.3 is 0 Å². The molecule has 0 aliphatic carbocycles. The van der Waals surface area contributed by atoms with Gasteiger partial charge in [-0.3, -0.25) is 14.5 Å². The molecule has 7 rings (SSSR count). The van der Waals surface area contributed by atoms with Gasteiger partial charge in [-0.15, -0.1) is 22.1 Å². The number of rotatable bonds is 8. The van der Waals surface area contributed by atoms with Crippen molar-refractivity contribution in [2.45, 2.75) is 6.54 Å². The third-order valence-corrected chi connectivity index (χ3v) is 9.96. The van der Waals surface area contributed by atoms with E-state index in [9.17, 15) is 9.59 Å². The molecule has 0 bridgehead atoms. The highest BCUT2D eigenvalue weighted by molar-refractivity contribution is 8.93. The predicted octanol–water partition coefficient (Wildman–Crippen LogP) is 8.00. The minimum Gasteiger partial charge on any atom is -0.439 e. The minimum absolute atomic E-state index is 0. The summed E-state index contributed by atoms with van der Waals surface area (Å²) in [5.41, 5.74) is 5.69. The van der Waals surface area contributed by atoms with Crippen molar-refractivity contribution in [2.75, 3.05) is 38.1 Å². The lowest BCUT2D eigenvalue weighted by molar-refractivity contribution is 0.0619. The van der Waals surface area contributed by atoms with Crippen LogP contribution in [0.15, 0.2) is 90.4 Å². The van der Waals surface area contributed by atoms with Crippen molar-refractivity contribution in [3.8, 4) is 22.9 Å². The molecule has 10 nitrogen and oxygen atoms in total. The van der Waals surface area contributed by atoms with Crippen molar-refractivity contribution < 1.29 is 14.3 Å². The van der Waals surface area contributed by atoms with Crippen LogP contribution in [0.1, 0.15) is 26.4 Å². The quantitative estimate of drug-likeness (QED) is 0.154. The molecular formula is C36H32BrCl2N7O3S. The Bertz CT molecular complexity index is 2140. The molecule has 6 aromatic rings. The number of hydrogen-bond donors (Lipinski definition) is 0. The summed E-state index contributed by atoms with van der Waals surface area (Å²) in [6.45, 7) is 3.76. The van der Waals surface area contributed by atoms with Gasteiger partial charge in [0, 0.05) is 80.8 Å². The molecule has 1 aliphatic heterocycles. The highest BCUT2D eigenvalue weighted by Crippen LogP contribution is 2.29. The smallest absolute Gasteiger partial charge is 0.270 e. The summed E-state index contributed by atoms with van der Waals surface area (Å²) in [5.74, 6) is 0.717. The molecule has 0 N–H and O–H groups in total. The Kier molecular flexibility index (Phi) is 10.8. The van der Waals surface area contributed by atoms with Gasteiger partial charge < -0.3 is 19.1 Å². The number of hydrogen-bond acceptors (Lipinski definition) is 8. The third-order valence-electron chi connectivity index (χ3n) is 8.71. The van der Waals surface area contributed by atoms with Gasteiger partial charge in [-0.05, 0) is 59.6 Å². The van der Waals surface area contributed by atoms with Crippen LogP contribution in [0, 0.1) is 0 Å². The normalized spacial score (nSPS) is 13.2. The fourth-order valence-electron chi connectivity index (χ4n) is 5.87. The summed E-state index contributed by atoms with van der Waals surface area (Å²) in [7, 11) is 3.56. The van der Waals surface area contributed by atoms with Crippen LogP contribution in [0.3, 0.4) is 0 Å². The zero-order valence-electron chi connectivity index (χ0n) is 27.1. The second-order valence-corrected chi connectivity index (χ2v) is 13.2. The average Bonchev–Trinajstić information content (AvgIpc) is 3.78. The molecule has 1 fully saturated rings. The second kappa shape index (κ2) is 15.3. The van der Waals surface area contributed by atoms with Crippen LogP contribution in [-0.4, -0.2) is 74.0 Å². The maximum absolute atomic E-state index is 13.6. The molecule has 0 unspecified atom stereocenters. The van der Waals surface area contributed by atoms with Crippen LogP contribution >= 0.6 is 51.7 Å². The molecule has 1 aliphatic rings. The van der Waals surface area contributed by atoms with Gasteiger partial charge in [-0.2, -0.15) is 0 Å². The zero-order valence-corrected chi connectivity index (χ0v) is 31.2. The maximum atomic E-state index is 13.6. The fourth-order valence-corrected chi connectivity index (χ4v) is 6.63. The monoisotopic (exact) mass is 791 g/mol. The molecule has 50 heavy (non-hydrogen) atoms. The van der Waals surface area contributed by atoms with Crippen molar-refractivity contribution >= 4 is 80.1 Å². The Labute approximate surface area is 313 Å². The van der Waals surface area contributed by atoms with Crippen LogP contribution in [-0.2, 0) is 13.6 Å². The van der Waals surface area contributed by atoms with E-state index in [0.29, 0.717) is 51.7 Å². The predicted molar refractivity (Wildman–Crippen MR) is 203 cm³/mol. The SMILES string of the molecule is Br.CN(C(=O)c1ccc(Cl)c(Cl)c1)c1ccc(Oc2ccc3cc(C(=O)N4CCN(Cc5ccc(-c6csnn6)cc5)CC4)n(C)c3c2)nc1. The lowest BCUT2D eigenvalue weighted by atomic mass is 10.1. The number of carbonyl (C=O) groups is 2. The van der Waals surface area contributed by atoms with Gasteiger partial charge in [0.15, 0.2) is 0 Å². The highest BCUT2D eigenvalue weighted by Gasteiger charge is 2.25. The van der Waals surface area contributed by atoms with Gasteiger partial charge in [0.2, 0.25) is 5.88 Å². The van der Waals surface area contributed by atoms with E-state index in [1.807, 2.05) is 46.2 Å². The first kappa shape index (κ1) is 35.5. The number of anilines is 1. The van der Waals surface area contributed by atoms with E-state index in [1.165, 1.54) is 28.1 Å². The molecule has 2 amide bonds. The molecule has 256 valence electrons. The topological polar surface area (TPSA) is 96.7 Å². The molecule has 3 aromatic carbocycles. The lowest BCUT2D eigenvalue weighted by Gasteiger charge is -2.34. The molecule has 4 heterocycles. The van der Waals surface area contributed by atoms with Gasteiger partial charge in [-0.1, -0.05) is 52.0 Å². The van der Waals surface area contributed by atoms with Crippen LogP contribution in [0.25, 0.3) is 22.2 Å². The largest absolute Gasteiger partial charge is 0.439 e. The second-order valence-electron chi connectivity index (χ2n) is 11.8. The number of nitrogens with zero attached hydrogens (tertiary/aromatic N) is 7. The first-order chi connectivity index (χ1) is 23.7.